The number of nitrogens with one attached hydrogen (secondary N) is 1. The fraction of sp³-hybridized carbons (Fsp3) is 0.571. The van der Waals surface area contributed by atoms with Crippen LogP contribution in [0.2, 0.25) is 0 Å². The number of aromatic nitrogens is 1. The lowest BCUT2D eigenvalue weighted by molar-refractivity contribution is 0.0946. The maximum Gasteiger partial charge on any atom is 0.253 e. The van der Waals surface area contributed by atoms with E-state index in [2.05, 4.69) is 10.3 Å². The molecule has 1 N–H and O–H groups in total. The van der Waals surface area contributed by atoms with Crippen molar-refractivity contribution >= 4 is 17.5 Å². The Hall–Kier alpha value is -1.09. The fourth-order valence-corrected chi connectivity index (χ4v) is 2.84. The number of pyridine rings is 1. The summed E-state index contributed by atoms with van der Waals surface area (Å²) in [4.78, 5) is 16.3. The maximum atomic E-state index is 12.0. The van der Waals surface area contributed by atoms with Crippen molar-refractivity contribution in [1.29, 1.82) is 0 Å². The van der Waals surface area contributed by atoms with Crippen molar-refractivity contribution in [3.8, 4) is 0 Å². The van der Waals surface area contributed by atoms with Gasteiger partial charge in [-0.25, -0.2) is 0 Å². The van der Waals surface area contributed by atoms with Crippen LogP contribution in [0.1, 0.15) is 41.0 Å². The lowest BCUT2D eigenvalue weighted by Gasteiger charge is -2.15. The Kier molecular flexibility index (Phi) is 4.23. The molecule has 1 saturated carbocycles. The Bertz CT molecular complexity index is 447. The lowest BCUT2D eigenvalue weighted by atomic mass is 10.1. The van der Waals surface area contributed by atoms with Crippen molar-refractivity contribution in [2.24, 2.45) is 5.92 Å². The Balaban J connectivity index is 1.95. The van der Waals surface area contributed by atoms with Crippen LogP contribution in [0.5, 0.6) is 0 Å². The largest absolute Gasteiger partial charge is 0.352 e. The average molecular weight is 267 g/mol. The minimum absolute atomic E-state index is 0.0456. The number of nitrogens with zero attached hydrogens (tertiary/aromatic N) is 1. The summed E-state index contributed by atoms with van der Waals surface area (Å²) in [7, 11) is 0. The maximum absolute atomic E-state index is 12.0. The normalized spacial score (nSPS) is 23.1. The van der Waals surface area contributed by atoms with Crippen molar-refractivity contribution in [2.75, 3.05) is 6.54 Å². The zero-order valence-corrected chi connectivity index (χ0v) is 11.6. The number of carbonyl (C=O) groups is 1. The van der Waals surface area contributed by atoms with E-state index in [4.69, 9.17) is 11.6 Å². The molecule has 1 heterocycles. The van der Waals surface area contributed by atoms with Gasteiger partial charge in [-0.15, -0.1) is 11.6 Å². The number of amides is 1. The third kappa shape index (κ3) is 3.02. The third-order valence-corrected chi connectivity index (χ3v) is 4.14. The minimum atomic E-state index is -0.0456. The second-order valence-electron chi connectivity index (χ2n) is 5.00. The summed E-state index contributed by atoms with van der Waals surface area (Å²) in [6.45, 7) is 4.45. The third-order valence-electron chi connectivity index (χ3n) is 3.56. The first-order chi connectivity index (χ1) is 8.58. The van der Waals surface area contributed by atoms with E-state index in [1.807, 2.05) is 26.0 Å². The van der Waals surface area contributed by atoms with E-state index < -0.39 is 0 Å². The van der Waals surface area contributed by atoms with Crippen molar-refractivity contribution in [1.82, 2.24) is 10.3 Å². The molecule has 2 atom stereocenters. The summed E-state index contributed by atoms with van der Waals surface area (Å²) in [6, 6.07) is 3.70. The van der Waals surface area contributed by atoms with Gasteiger partial charge in [0.1, 0.15) is 0 Å². The van der Waals surface area contributed by atoms with Gasteiger partial charge in [0, 0.05) is 17.6 Å². The second kappa shape index (κ2) is 5.70. The van der Waals surface area contributed by atoms with Crippen LogP contribution < -0.4 is 5.32 Å². The van der Waals surface area contributed by atoms with Gasteiger partial charge in [-0.3, -0.25) is 9.78 Å². The number of halogens is 1. The summed E-state index contributed by atoms with van der Waals surface area (Å²) in [5, 5.41) is 3.18. The van der Waals surface area contributed by atoms with Gasteiger partial charge < -0.3 is 5.32 Å². The van der Waals surface area contributed by atoms with Crippen LogP contribution in [0.25, 0.3) is 0 Å². The van der Waals surface area contributed by atoms with Crippen LogP contribution in [-0.2, 0) is 0 Å². The molecule has 1 aliphatic carbocycles. The number of aryl methyl sites for hydroxylation is 2. The molecule has 0 saturated heterocycles. The highest BCUT2D eigenvalue weighted by Crippen LogP contribution is 2.29. The summed E-state index contributed by atoms with van der Waals surface area (Å²) in [6.07, 6.45) is 3.34. The smallest absolute Gasteiger partial charge is 0.253 e. The van der Waals surface area contributed by atoms with Crippen LogP contribution >= 0.6 is 11.6 Å². The van der Waals surface area contributed by atoms with Crippen LogP contribution in [0.3, 0.4) is 0 Å². The van der Waals surface area contributed by atoms with E-state index in [9.17, 15) is 4.79 Å². The van der Waals surface area contributed by atoms with Crippen molar-refractivity contribution in [3.05, 3.63) is 29.1 Å². The molecule has 98 valence electrons. The molecule has 3 nitrogen and oxygen atoms in total. The Morgan fingerprint density at radius 2 is 2.22 bits per heavy atom. The number of alkyl halides is 1. The van der Waals surface area contributed by atoms with Crippen LogP contribution in [0.4, 0.5) is 0 Å². The molecular weight excluding hydrogens is 248 g/mol. The molecule has 1 fully saturated rings. The molecule has 18 heavy (non-hydrogen) atoms. The van der Waals surface area contributed by atoms with Gasteiger partial charge in [0.25, 0.3) is 5.91 Å². The molecule has 0 bridgehead atoms. The Morgan fingerprint density at radius 1 is 1.44 bits per heavy atom. The topological polar surface area (TPSA) is 42.0 Å². The van der Waals surface area contributed by atoms with Gasteiger partial charge in [-0.1, -0.05) is 6.42 Å². The van der Waals surface area contributed by atoms with Gasteiger partial charge >= 0.3 is 0 Å². The van der Waals surface area contributed by atoms with E-state index >= 15 is 0 Å². The minimum Gasteiger partial charge on any atom is -0.352 e. The highest BCUT2D eigenvalue weighted by atomic mass is 35.5. The first-order valence-electron chi connectivity index (χ1n) is 6.44. The monoisotopic (exact) mass is 266 g/mol. The first kappa shape index (κ1) is 13.3. The molecule has 0 aliphatic heterocycles. The van der Waals surface area contributed by atoms with Gasteiger partial charge in [-0.2, -0.15) is 0 Å². The first-order valence-corrected chi connectivity index (χ1v) is 6.88. The van der Waals surface area contributed by atoms with Crippen molar-refractivity contribution in [2.45, 2.75) is 38.5 Å². The van der Waals surface area contributed by atoms with E-state index in [-0.39, 0.29) is 11.3 Å². The summed E-state index contributed by atoms with van der Waals surface area (Å²) < 4.78 is 0. The predicted molar refractivity (Wildman–Crippen MR) is 73.0 cm³/mol. The molecule has 4 heteroatoms. The Labute approximate surface area is 113 Å². The molecule has 0 spiro atoms. The molecule has 2 unspecified atom stereocenters. The van der Waals surface area contributed by atoms with Crippen LogP contribution in [0, 0.1) is 19.8 Å². The lowest BCUT2D eigenvalue weighted by Crippen LogP contribution is -2.31. The molecule has 2 rings (SSSR count). The number of rotatable bonds is 3. The van der Waals surface area contributed by atoms with Crippen molar-refractivity contribution < 1.29 is 4.79 Å². The molecule has 1 aromatic heterocycles. The zero-order chi connectivity index (χ0) is 13.1. The highest BCUT2D eigenvalue weighted by Gasteiger charge is 2.25. The van der Waals surface area contributed by atoms with Gasteiger partial charge in [0.05, 0.1) is 11.3 Å². The van der Waals surface area contributed by atoms with Crippen LogP contribution in [-0.4, -0.2) is 22.8 Å². The summed E-state index contributed by atoms with van der Waals surface area (Å²) in [5.74, 6) is 0.366. The van der Waals surface area contributed by atoms with E-state index in [1.165, 1.54) is 6.42 Å². The number of carbonyl (C=O) groups excluding carboxylic acids is 1. The molecular formula is C14H19ClN2O. The van der Waals surface area contributed by atoms with Crippen LogP contribution in [0.15, 0.2) is 12.1 Å². The van der Waals surface area contributed by atoms with Gasteiger partial charge in [0.2, 0.25) is 0 Å². The SMILES string of the molecule is Cc1ccc(C(=O)NCC2CCCC2Cl)c(C)n1. The summed E-state index contributed by atoms with van der Waals surface area (Å²) >= 11 is 6.20. The molecule has 1 aliphatic rings. The number of hydrogen-bond acceptors (Lipinski definition) is 2. The quantitative estimate of drug-likeness (QED) is 0.855. The molecule has 0 radical (unpaired) electrons. The molecule has 1 aromatic rings. The number of hydrogen-bond donors (Lipinski definition) is 1. The van der Waals surface area contributed by atoms with E-state index in [0.29, 0.717) is 18.0 Å². The van der Waals surface area contributed by atoms with Crippen molar-refractivity contribution in [3.63, 3.8) is 0 Å². The van der Waals surface area contributed by atoms with Gasteiger partial charge in [-0.05, 0) is 44.7 Å². The Morgan fingerprint density at radius 3 is 2.83 bits per heavy atom. The molecule has 1 amide bonds. The van der Waals surface area contributed by atoms with E-state index in [1.54, 1.807) is 0 Å². The highest BCUT2D eigenvalue weighted by molar-refractivity contribution is 6.21. The standard InChI is InChI=1S/C14H19ClN2O/c1-9-6-7-12(10(2)17-9)14(18)16-8-11-4-3-5-13(11)15/h6-7,11,13H,3-5,8H2,1-2H3,(H,16,18). The zero-order valence-electron chi connectivity index (χ0n) is 10.9. The van der Waals surface area contributed by atoms with E-state index in [0.717, 1.165) is 24.2 Å². The summed E-state index contributed by atoms with van der Waals surface area (Å²) in [5.41, 5.74) is 2.37. The fourth-order valence-electron chi connectivity index (χ4n) is 2.47. The molecule has 0 aromatic carbocycles. The second-order valence-corrected chi connectivity index (χ2v) is 5.56. The average Bonchev–Trinajstić information content (AvgIpc) is 2.72. The predicted octanol–water partition coefficient (Wildman–Crippen LogP) is 2.84. The van der Waals surface area contributed by atoms with Gasteiger partial charge in [0.15, 0.2) is 0 Å².